The number of rotatable bonds is 7. The molecule has 9 heteroatoms. The molecular weight excluding hydrogens is 424 g/mol. The van der Waals surface area contributed by atoms with Crippen molar-refractivity contribution in [3.8, 4) is 5.75 Å². The summed E-state index contributed by atoms with van der Waals surface area (Å²) in [5, 5.41) is 7.71. The number of carbonyl (C=O) groups is 3. The number of thiophene rings is 2. The molecule has 156 valence electrons. The van der Waals surface area contributed by atoms with Crippen molar-refractivity contribution in [2.24, 2.45) is 0 Å². The maximum Gasteiger partial charge on any atom is 0.341 e. The molecular formula is C21H20N2O5S2. The second kappa shape index (κ2) is 9.55. The van der Waals surface area contributed by atoms with Gasteiger partial charge in [-0.3, -0.25) is 9.59 Å². The minimum absolute atomic E-state index is 0.173. The van der Waals surface area contributed by atoms with Crippen LogP contribution < -0.4 is 15.4 Å². The molecule has 3 rings (SSSR count). The molecule has 0 saturated carbocycles. The summed E-state index contributed by atoms with van der Waals surface area (Å²) >= 11 is 2.50. The lowest BCUT2D eigenvalue weighted by Crippen LogP contribution is -2.15. The average molecular weight is 445 g/mol. The summed E-state index contributed by atoms with van der Waals surface area (Å²) in [4.78, 5) is 38.9. The molecule has 0 aliphatic rings. The molecule has 2 amide bonds. The molecule has 2 heterocycles. The Morgan fingerprint density at radius 1 is 1.03 bits per heavy atom. The molecule has 0 fully saturated rings. The number of para-hydroxylation sites is 2. The standard InChI is InChI=1S/C21H20N2O5S2/c1-12-17(21(26)28-3)20(23-16(24)11-13-7-6-10-29-13)30-18(12)19(25)22-14-8-4-5-9-15(14)27-2/h4-10H,11H2,1-3H3,(H,22,25)(H,23,24). The Morgan fingerprint density at radius 3 is 2.47 bits per heavy atom. The fourth-order valence-corrected chi connectivity index (χ4v) is 4.65. The number of amides is 2. The van der Waals surface area contributed by atoms with E-state index in [9.17, 15) is 14.4 Å². The van der Waals surface area contributed by atoms with E-state index in [1.165, 1.54) is 25.6 Å². The molecule has 0 atom stereocenters. The number of esters is 1. The van der Waals surface area contributed by atoms with Gasteiger partial charge in [-0.2, -0.15) is 0 Å². The van der Waals surface area contributed by atoms with Crippen LogP contribution in [0.1, 0.15) is 30.5 Å². The third-order valence-electron chi connectivity index (χ3n) is 4.27. The number of hydrogen-bond acceptors (Lipinski definition) is 7. The van der Waals surface area contributed by atoms with Gasteiger partial charge in [0.2, 0.25) is 5.91 Å². The first kappa shape index (κ1) is 21.5. The van der Waals surface area contributed by atoms with Gasteiger partial charge in [-0.1, -0.05) is 18.2 Å². The number of anilines is 2. The lowest BCUT2D eigenvalue weighted by atomic mass is 10.1. The number of benzene rings is 1. The van der Waals surface area contributed by atoms with Gasteiger partial charge in [0.15, 0.2) is 0 Å². The largest absolute Gasteiger partial charge is 0.495 e. The van der Waals surface area contributed by atoms with Crippen LogP contribution in [0, 0.1) is 6.92 Å². The molecule has 0 radical (unpaired) electrons. The summed E-state index contributed by atoms with van der Waals surface area (Å²) in [7, 11) is 2.77. The van der Waals surface area contributed by atoms with Crippen LogP contribution in [0.15, 0.2) is 41.8 Å². The van der Waals surface area contributed by atoms with Crippen molar-refractivity contribution in [2.75, 3.05) is 24.9 Å². The zero-order valence-electron chi connectivity index (χ0n) is 16.6. The van der Waals surface area contributed by atoms with Crippen molar-refractivity contribution in [3.63, 3.8) is 0 Å². The third-order valence-corrected chi connectivity index (χ3v) is 6.35. The van der Waals surface area contributed by atoms with Crippen LogP contribution in [0.3, 0.4) is 0 Å². The van der Waals surface area contributed by atoms with Crippen molar-refractivity contribution < 1.29 is 23.9 Å². The Kier molecular flexibility index (Phi) is 6.86. The van der Waals surface area contributed by atoms with E-state index >= 15 is 0 Å². The van der Waals surface area contributed by atoms with Gasteiger partial charge in [-0.15, -0.1) is 22.7 Å². The van der Waals surface area contributed by atoms with E-state index < -0.39 is 11.9 Å². The smallest absolute Gasteiger partial charge is 0.341 e. The maximum atomic E-state index is 12.9. The molecule has 30 heavy (non-hydrogen) atoms. The fraction of sp³-hybridized carbons (Fsp3) is 0.190. The van der Waals surface area contributed by atoms with Crippen LogP contribution in [-0.4, -0.2) is 32.0 Å². The van der Waals surface area contributed by atoms with Gasteiger partial charge in [0.05, 0.1) is 36.8 Å². The lowest BCUT2D eigenvalue weighted by Gasteiger charge is -2.09. The predicted molar refractivity (Wildman–Crippen MR) is 118 cm³/mol. The van der Waals surface area contributed by atoms with Crippen molar-refractivity contribution in [1.82, 2.24) is 0 Å². The average Bonchev–Trinajstić information content (AvgIpc) is 3.35. The fourth-order valence-electron chi connectivity index (χ4n) is 2.84. The van der Waals surface area contributed by atoms with Crippen molar-refractivity contribution in [2.45, 2.75) is 13.3 Å². The molecule has 2 aromatic heterocycles. The summed E-state index contributed by atoms with van der Waals surface area (Å²) < 4.78 is 10.1. The summed E-state index contributed by atoms with van der Waals surface area (Å²) in [6.07, 6.45) is 0.179. The summed E-state index contributed by atoms with van der Waals surface area (Å²) in [5.74, 6) is -0.796. The minimum Gasteiger partial charge on any atom is -0.495 e. The zero-order valence-corrected chi connectivity index (χ0v) is 18.2. The Labute approximate surface area is 181 Å². The van der Waals surface area contributed by atoms with Gasteiger partial charge in [-0.25, -0.2) is 4.79 Å². The quantitative estimate of drug-likeness (QED) is 0.529. The van der Waals surface area contributed by atoms with Gasteiger partial charge in [0.25, 0.3) is 5.91 Å². The number of nitrogens with one attached hydrogen (secondary N) is 2. The zero-order chi connectivity index (χ0) is 21.7. The maximum absolute atomic E-state index is 12.9. The van der Waals surface area contributed by atoms with E-state index in [-0.39, 0.29) is 22.9 Å². The van der Waals surface area contributed by atoms with Gasteiger partial charge >= 0.3 is 5.97 Å². The number of hydrogen-bond donors (Lipinski definition) is 2. The van der Waals surface area contributed by atoms with Crippen LogP contribution in [0.4, 0.5) is 10.7 Å². The normalized spacial score (nSPS) is 10.4. The van der Waals surface area contributed by atoms with Crippen LogP contribution >= 0.6 is 22.7 Å². The number of ether oxygens (including phenoxy) is 2. The monoisotopic (exact) mass is 444 g/mol. The summed E-state index contributed by atoms with van der Waals surface area (Å²) in [6.45, 7) is 1.65. The third kappa shape index (κ3) is 4.69. The minimum atomic E-state index is -0.619. The van der Waals surface area contributed by atoms with E-state index in [1.54, 1.807) is 31.2 Å². The molecule has 7 nitrogen and oxygen atoms in total. The molecule has 0 aliphatic carbocycles. The van der Waals surface area contributed by atoms with Crippen LogP contribution in [0.2, 0.25) is 0 Å². The number of methoxy groups -OCH3 is 2. The molecule has 3 aromatic rings. The highest BCUT2D eigenvalue weighted by Gasteiger charge is 2.26. The first-order chi connectivity index (χ1) is 14.4. The Hall–Kier alpha value is -3.17. The van der Waals surface area contributed by atoms with Crippen LogP contribution in [0.25, 0.3) is 0 Å². The predicted octanol–water partition coefficient (Wildman–Crippen LogP) is 4.35. The summed E-state index contributed by atoms with van der Waals surface area (Å²) in [5.41, 5.74) is 1.11. The SMILES string of the molecule is COC(=O)c1c(NC(=O)Cc2cccs2)sc(C(=O)Nc2ccccc2OC)c1C. The van der Waals surface area contributed by atoms with Gasteiger partial charge in [0.1, 0.15) is 10.8 Å². The highest BCUT2D eigenvalue weighted by molar-refractivity contribution is 7.19. The molecule has 0 spiro atoms. The van der Waals surface area contributed by atoms with Crippen molar-refractivity contribution in [3.05, 3.63) is 62.7 Å². The van der Waals surface area contributed by atoms with Gasteiger partial charge < -0.3 is 20.1 Å². The highest BCUT2D eigenvalue weighted by atomic mass is 32.1. The van der Waals surface area contributed by atoms with E-state index in [4.69, 9.17) is 9.47 Å². The Balaban J connectivity index is 1.88. The molecule has 0 unspecified atom stereocenters. The van der Waals surface area contributed by atoms with E-state index in [1.807, 2.05) is 17.5 Å². The van der Waals surface area contributed by atoms with E-state index in [0.717, 1.165) is 16.2 Å². The molecule has 0 aliphatic heterocycles. The van der Waals surface area contributed by atoms with Crippen molar-refractivity contribution in [1.29, 1.82) is 0 Å². The van der Waals surface area contributed by atoms with Gasteiger partial charge in [-0.05, 0) is 36.1 Å². The molecule has 0 saturated heterocycles. The second-order valence-electron chi connectivity index (χ2n) is 6.21. The first-order valence-electron chi connectivity index (χ1n) is 8.92. The van der Waals surface area contributed by atoms with Crippen LogP contribution in [0.5, 0.6) is 5.75 Å². The lowest BCUT2D eigenvalue weighted by molar-refractivity contribution is -0.115. The second-order valence-corrected chi connectivity index (χ2v) is 8.26. The topological polar surface area (TPSA) is 93.7 Å². The van der Waals surface area contributed by atoms with Crippen LogP contribution in [-0.2, 0) is 16.0 Å². The molecule has 0 bridgehead atoms. The van der Waals surface area contributed by atoms with E-state index in [0.29, 0.717) is 21.9 Å². The van der Waals surface area contributed by atoms with Crippen molar-refractivity contribution >= 4 is 51.1 Å². The Morgan fingerprint density at radius 2 is 1.80 bits per heavy atom. The highest BCUT2D eigenvalue weighted by Crippen LogP contribution is 2.35. The first-order valence-corrected chi connectivity index (χ1v) is 10.6. The van der Waals surface area contributed by atoms with E-state index in [2.05, 4.69) is 10.6 Å². The summed E-state index contributed by atoms with van der Waals surface area (Å²) in [6, 6.07) is 10.7. The van der Waals surface area contributed by atoms with Gasteiger partial charge in [0, 0.05) is 4.88 Å². The molecule has 2 N–H and O–H groups in total. The molecule has 1 aromatic carbocycles. The Bertz CT molecular complexity index is 1070. The number of carbonyl (C=O) groups excluding carboxylic acids is 3.